The van der Waals surface area contributed by atoms with Gasteiger partial charge in [-0.2, -0.15) is 5.10 Å². The Morgan fingerprint density at radius 1 is 1.18 bits per heavy atom. The lowest BCUT2D eigenvalue weighted by Crippen LogP contribution is -2.61. The summed E-state index contributed by atoms with van der Waals surface area (Å²) in [6.07, 6.45) is 3.05. The van der Waals surface area contributed by atoms with E-state index in [0.717, 1.165) is 18.4 Å². The minimum Gasteiger partial charge on any atom is -0.478 e. The minimum atomic E-state index is -1.17. The van der Waals surface area contributed by atoms with Gasteiger partial charge in [0.25, 0.3) is 0 Å². The van der Waals surface area contributed by atoms with Gasteiger partial charge < -0.3 is 15.2 Å². The van der Waals surface area contributed by atoms with Crippen molar-refractivity contribution in [1.29, 1.82) is 0 Å². The Morgan fingerprint density at radius 2 is 2.00 bits per heavy atom. The van der Waals surface area contributed by atoms with Crippen LogP contribution in [0.2, 0.25) is 10.0 Å². The maximum atomic E-state index is 16.3. The second-order valence-electron chi connectivity index (χ2n) is 12.5. The summed E-state index contributed by atoms with van der Waals surface area (Å²) in [6.45, 7) is 2.74. The highest BCUT2D eigenvalue weighted by Gasteiger charge is 2.66. The predicted molar refractivity (Wildman–Crippen MR) is 164 cm³/mol. The number of carbonyl (C=O) groups is 2. The van der Waals surface area contributed by atoms with Gasteiger partial charge in [0.1, 0.15) is 11.4 Å². The van der Waals surface area contributed by atoms with Gasteiger partial charge in [0, 0.05) is 35.6 Å². The summed E-state index contributed by atoms with van der Waals surface area (Å²) in [5, 5.41) is 19.1. The van der Waals surface area contributed by atoms with Crippen LogP contribution in [0, 0.1) is 18.7 Å². The number of aryl methyl sites for hydroxylation is 1. The van der Waals surface area contributed by atoms with Crippen LogP contribution < -0.4 is 10.1 Å². The van der Waals surface area contributed by atoms with Crippen molar-refractivity contribution < 1.29 is 23.8 Å². The minimum absolute atomic E-state index is 0.0179. The van der Waals surface area contributed by atoms with Crippen molar-refractivity contribution in [1.82, 2.24) is 14.7 Å². The molecule has 1 saturated carbocycles. The number of nitrogens with one attached hydrogen (secondary N) is 1. The SMILES string of the molecule is Cc1cc2nn3c(c2cc1C(=O)O)OCC[C@H]1[C@@H]3[C@H](c2cccc(Cl)c2F)[C@@]2(Cc3ccc(Cl)cc3NC2=O)N1CC1CC1. The quantitative estimate of drug-likeness (QED) is 0.262. The molecule has 0 radical (unpaired) electrons. The molecule has 1 saturated heterocycles. The third kappa shape index (κ3) is 4.02. The van der Waals surface area contributed by atoms with Gasteiger partial charge in [-0.25, -0.2) is 13.9 Å². The molecule has 8 nitrogen and oxygen atoms in total. The highest BCUT2D eigenvalue weighted by atomic mass is 35.5. The fraction of sp³-hybridized carbons (Fsp3) is 0.364. The van der Waals surface area contributed by atoms with Crippen molar-refractivity contribution in [2.75, 3.05) is 18.5 Å². The molecule has 3 aliphatic heterocycles. The van der Waals surface area contributed by atoms with Crippen LogP contribution in [0.25, 0.3) is 10.9 Å². The summed E-state index contributed by atoms with van der Waals surface area (Å²) in [5.74, 6) is -1.67. The molecule has 4 aromatic rings. The molecule has 44 heavy (non-hydrogen) atoms. The predicted octanol–water partition coefficient (Wildman–Crippen LogP) is 6.62. The van der Waals surface area contributed by atoms with E-state index in [2.05, 4.69) is 10.2 Å². The Bertz CT molecular complexity index is 1890. The summed E-state index contributed by atoms with van der Waals surface area (Å²) in [5.41, 5.74) is 2.07. The number of carboxylic acids is 1. The second kappa shape index (κ2) is 9.92. The van der Waals surface area contributed by atoms with Gasteiger partial charge in [-0.1, -0.05) is 41.4 Å². The van der Waals surface area contributed by atoms with E-state index in [1.807, 2.05) is 12.1 Å². The zero-order valence-corrected chi connectivity index (χ0v) is 25.3. The molecule has 4 heterocycles. The molecule has 3 aromatic carbocycles. The van der Waals surface area contributed by atoms with Crippen molar-refractivity contribution in [3.63, 3.8) is 0 Å². The number of likely N-dealkylation sites (tertiary alicyclic amines) is 1. The Labute approximate surface area is 262 Å². The molecule has 226 valence electrons. The van der Waals surface area contributed by atoms with E-state index in [-0.39, 0.29) is 22.5 Å². The number of rotatable bonds is 4. The first kappa shape index (κ1) is 27.9. The van der Waals surface area contributed by atoms with Gasteiger partial charge in [0.05, 0.1) is 34.1 Å². The maximum absolute atomic E-state index is 16.3. The lowest BCUT2D eigenvalue weighted by molar-refractivity contribution is -0.129. The average Bonchev–Trinajstić information content (AvgIpc) is 3.72. The van der Waals surface area contributed by atoms with Crippen molar-refractivity contribution in [2.24, 2.45) is 5.92 Å². The lowest BCUT2D eigenvalue weighted by Gasteiger charge is -2.45. The number of fused-ring (bicyclic) bond motifs is 6. The molecule has 2 fully saturated rings. The highest BCUT2D eigenvalue weighted by molar-refractivity contribution is 6.31. The fourth-order valence-electron chi connectivity index (χ4n) is 7.86. The number of amides is 1. The Hall–Kier alpha value is -3.66. The number of halogens is 3. The third-order valence-corrected chi connectivity index (χ3v) is 10.5. The standard InChI is InChI=1S/C33H29Cl2FN4O4/c1-16-11-25-22(13-21(16)31(41)42)30-40(38-25)29-26(9-10-44-30)39(15-17-5-6-17)33(27(29)20-3-2-4-23(35)28(20)36)14-18-7-8-19(34)12-24(18)37-32(33)43/h2-4,7-8,11-13,17,26-27,29H,5-6,9-10,14-15H2,1H3,(H,37,43)(H,41,42)/t26-,27-,29+,33+/m0/s1. The number of ether oxygens (including phenoxy) is 1. The lowest BCUT2D eigenvalue weighted by atomic mass is 9.71. The van der Waals surface area contributed by atoms with Crippen molar-refractivity contribution in [3.05, 3.63) is 86.6 Å². The van der Waals surface area contributed by atoms with Crippen LogP contribution in [0.3, 0.4) is 0 Å². The van der Waals surface area contributed by atoms with Crippen LogP contribution in [0.4, 0.5) is 10.1 Å². The number of aromatic nitrogens is 2. The molecule has 0 unspecified atom stereocenters. The van der Waals surface area contributed by atoms with Crippen LogP contribution in [0.5, 0.6) is 5.88 Å². The molecule has 0 bridgehead atoms. The first-order chi connectivity index (χ1) is 21.2. The van der Waals surface area contributed by atoms with Gasteiger partial charge >= 0.3 is 5.97 Å². The van der Waals surface area contributed by atoms with Crippen molar-refractivity contribution in [2.45, 2.75) is 56.1 Å². The molecule has 1 aliphatic carbocycles. The van der Waals surface area contributed by atoms with Crippen LogP contribution in [0.15, 0.2) is 48.5 Å². The average molecular weight is 636 g/mol. The topological polar surface area (TPSA) is 96.7 Å². The normalized spacial score (nSPS) is 26.1. The number of benzene rings is 3. The molecule has 11 heteroatoms. The maximum Gasteiger partial charge on any atom is 0.335 e. The largest absolute Gasteiger partial charge is 0.478 e. The number of aromatic carboxylic acids is 1. The number of nitrogens with zero attached hydrogens (tertiary/aromatic N) is 3. The van der Waals surface area contributed by atoms with Crippen LogP contribution in [0.1, 0.15) is 58.3 Å². The van der Waals surface area contributed by atoms with Crippen LogP contribution in [-0.4, -0.2) is 56.4 Å². The smallest absolute Gasteiger partial charge is 0.335 e. The van der Waals surface area contributed by atoms with E-state index in [9.17, 15) is 14.7 Å². The van der Waals surface area contributed by atoms with E-state index in [4.69, 9.17) is 33.0 Å². The first-order valence-corrected chi connectivity index (χ1v) is 15.6. The zero-order chi connectivity index (χ0) is 30.5. The summed E-state index contributed by atoms with van der Waals surface area (Å²) in [4.78, 5) is 29.0. The van der Waals surface area contributed by atoms with Crippen molar-refractivity contribution in [3.8, 4) is 5.88 Å². The third-order valence-electron chi connectivity index (χ3n) is 9.97. The number of carboxylic acid groups (broad SMARTS) is 1. The Morgan fingerprint density at radius 3 is 2.77 bits per heavy atom. The van der Waals surface area contributed by atoms with E-state index in [0.29, 0.717) is 70.5 Å². The van der Waals surface area contributed by atoms with Crippen LogP contribution >= 0.6 is 23.2 Å². The molecular weight excluding hydrogens is 606 g/mol. The van der Waals surface area contributed by atoms with E-state index in [1.165, 1.54) is 6.07 Å². The van der Waals surface area contributed by atoms with E-state index >= 15 is 4.39 Å². The van der Waals surface area contributed by atoms with Gasteiger partial charge in [-0.15, -0.1) is 0 Å². The fourth-order valence-corrected chi connectivity index (χ4v) is 8.21. The summed E-state index contributed by atoms with van der Waals surface area (Å²) >= 11 is 12.7. The number of hydrogen-bond acceptors (Lipinski definition) is 5. The second-order valence-corrected chi connectivity index (χ2v) is 13.4. The molecule has 4 aliphatic rings. The van der Waals surface area contributed by atoms with E-state index in [1.54, 1.807) is 41.9 Å². The molecule has 1 spiro atoms. The monoisotopic (exact) mass is 634 g/mol. The number of hydrogen-bond donors (Lipinski definition) is 2. The Balaban J connectivity index is 1.41. The number of carbonyl (C=O) groups excluding carboxylic acids is 1. The highest BCUT2D eigenvalue weighted by Crippen LogP contribution is 2.59. The Kier molecular flexibility index (Phi) is 6.28. The molecule has 8 rings (SSSR count). The van der Waals surface area contributed by atoms with Gasteiger partial charge in [-0.3, -0.25) is 9.69 Å². The first-order valence-electron chi connectivity index (χ1n) is 14.9. The summed E-state index contributed by atoms with van der Waals surface area (Å²) in [6, 6.07) is 13.1. The molecule has 2 N–H and O–H groups in total. The number of anilines is 1. The van der Waals surface area contributed by atoms with Crippen LogP contribution in [-0.2, 0) is 11.2 Å². The van der Waals surface area contributed by atoms with Gasteiger partial charge in [0.2, 0.25) is 11.8 Å². The molecule has 1 amide bonds. The zero-order valence-electron chi connectivity index (χ0n) is 23.8. The van der Waals surface area contributed by atoms with Crippen molar-refractivity contribution >= 4 is 51.7 Å². The van der Waals surface area contributed by atoms with Gasteiger partial charge in [0.15, 0.2) is 0 Å². The molecule has 1 aromatic heterocycles. The summed E-state index contributed by atoms with van der Waals surface area (Å²) < 4.78 is 24.4. The van der Waals surface area contributed by atoms with Gasteiger partial charge in [-0.05, 0) is 79.1 Å². The summed E-state index contributed by atoms with van der Waals surface area (Å²) in [7, 11) is 0. The molecule has 4 atom stereocenters. The molecular formula is C33H29Cl2FN4O4. The van der Waals surface area contributed by atoms with E-state index < -0.39 is 29.3 Å².